The standard InChI is InChI=1S/C23H23N3O5/c1-5-9-16(13-24)19(6-2)30-21-12-22(26-15-25-21)31-20-11-8-7-10-17(20)18(14-28-3)23(27)29-4/h6-12,14-15H,5H2,1-4H3/b16-9-,18-14-,19-6+. The molecule has 0 aliphatic rings. The number of para-hydroxylation sites is 1. The molecule has 0 saturated carbocycles. The summed E-state index contributed by atoms with van der Waals surface area (Å²) in [5.74, 6) is 0.552. The highest BCUT2D eigenvalue weighted by molar-refractivity contribution is 6.17. The maximum absolute atomic E-state index is 12.2. The molecule has 0 radical (unpaired) electrons. The minimum atomic E-state index is -0.575. The van der Waals surface area contributed by atoms with Gasteiger partial charge in [-0.1, -0.05) is 31.2 Å². The van der Waals surface area contributed by atoms with Crippen LogP contribution in [0.15, 0.2) is 66.4 Å². The number of rotatable bonds is 9. The monoisotopic (exact) mass is 421 g/mol. The van der Waals surface area contributed by atoms with Crippen molar-refractivity contribution in [1.29, 1.82) is 5.26 Å². The lowest BCUT2D eigenvalue weighted by Crippen LogP contribution is -2.06. The van der Waals surface area contributed by atoms with Crippen molar-refractivity contribution < 1.29 is 23.7 Å². The van der Waals surface area contributed by atoms with Gasteiger partial charge < -0.3 is 18.9 Å². The molecule has 0 unspecified atom stereocenters. The van der Waals surface area contributed by atoms with Crippen molar-refractivity contribution in [2.24, 2.45) is 0 Å². The molecular weight excluding hydrogens is 398 g/mol. The molecule has 0 fully saturated rings. The van der Waals surface area contributed by atoms with Gasteiger partial charge in [0.2, 0.25) is 11.8 Å². The van der Waals surface area contributed by atoms with Crippen LogP contribution in [0.25, 0.3) is 5.57 Å². The number of benzene rings is 1. The van der Waals surface area contributed by atoms with Crippen molar-refractivity contribution in [2.45, 2.75) is 20.3 Å². The topological polar surface area (TPSA) is 104 Å². The zero-order valence-electron chi connectivity index (χ0n) is 17.8. The van der Waals surface area contributed by atoms with Crippen LogP contribution in [0.4, 0.5) is 0 Å². The first-order valence-corrected chi connectivity index (χ1v) is 9.43. The summed E-state index contributed by atoms with van der Waals surface area (Å²) in [5.41, 5.74) is 1.05. The van der Waals surface area contributed by atoms with Crippen LogP contribution in [-0.2, 0) is 14.3 Å². The highest BCUT2D eigenvalue weighted by Gasteiger charge is 2.18. The molecule has 0 bridgehead atoms. The maximum atomic E-state index is 12.2. The van der Waals surface area contributed by atoms with Crippen molar-refractivity contribution in [1.82, 2.24) is 9.97 Å². The fourth-order valence-electron chi connectivity index (χ4n) is 2.56. The molecule has 0 N–H and O–H groups in total. The molecule has 2 aromatic rings. The summed E-state index contributed by atoms with van der Waals surface area (Å²) in [6.45, 7) is 3.70. The van der Waals surface area contributed by atoms with Gasteiger partial charge in [-0.15, -0.1) is 0 Å². The Morgan fingerprint density at radius 2 is 1.94 bits per heavy atom. The van der Waals surface area contributed by atoms with Gasteiger partial charge in [0.25, 0.3) is 0 Å². The lowest BCUT2D eigenvalue weighted by molar-refractivity contribution is -0.133. The zero-order chi connectivity index (χ0) is 22.6. The van der Waals surface area contributed by atoms with Crippen LogP contribution in [0.1, 0.15) is 25.8 Å². The molecule has 8 heteroatoms. The summed E-state index contributed by atoms with van der Waals surface area (Å²) in [7, 11) is 2.71. The normalized spacial score (nSPS) is 12.0. The number of carbonyl (C=O) groups excluding carboxylic acids is 1. The van der Waals surface area contributed by atoms with Crippen LogP contribution < -0.4 is 9.47 Å². The molecule has 160 valence electrons. The molecule has 31 heavy (non-hydrogen) atoms. The third-order valence-corrected chi connectivity index (χ3v) is 3.92. The molecule has 0 saturated heterocycles. The third-order valence-electron chi connectivity index (χ3n) is 3.92. The summed E-state index contributed by atoms with van der Waals surface area (Å²) in [6, 6.07) is 10.5. The van der Waals surface area contributed by atoms with Crippen LogP contribution in [0.2, 0.25) is 0 Å². The van der Waals surface area contributed by atoms with Crippen molar-refractivity contribution in [3.8, 4) is 23.6 Å². The van der Waals surface area contributed by atoms with Gasteiger partial charge in [0.1, 0.15) is 29.5 Å². The Kier molecular flexibility index (Phi) is 8.80. The van der Waals surface area contributed by atoms with E-state index in [1.807, 2.05) is 6.92 Å². The van der Waals surface area contributed by atoms with E-state index in [-0.39, 0.29) is 17.3 Å². The van der Waals surface area contributed by atoms with Gasteiger partial charge in [-0.05, 0) is 25.5 Å². The Labute approximate surface area is 181 Å². The number of ether oxygens (including phenoxy) is 4. The Bertz CT molecular complexity index is 1050. The molecule has 0 spiro atoms. The van der Waals surface area contributed by atoms with E-state index in [0.29, 0.717) is 29.1 Å². The Morgan fingerprint density at radius 1 is 1.19 bits per heavy atom. The average Bonchev–Trinajstić information content (AvgIpc) is 2.80. The predicted octanol–water partition coefficient (Wildman–Crippen LogP) is 4.57. The van der Waals surface area contributed by atoms with Gasteiger partial charge in [0.05, 0.1) is 32.1 Å². The number of nitriles is 1. The van der Waals surface area contributed by atoms with Crippen molar-refractivity contribution >= 4 is 11.5 Å². The van der Waals surface area contributed by atoms with Gasteiger partial charge >= 0.3 is 5.97 Å². The molecule has 1 heterocycles. The number of methoxy groups -OCH3 is 2. The highest BCUT2D eigenvalue weighted by Crippen LogP contribution is 2.31. The molecule has 2 rings (SSSR count). The number of nitrogens with zero attached hydrogens (tertiary/aromatic N) is 3. The molecule has 0 aliphatic carbocycles. The highest BCUT2D eigenvalue weighted by atomic mass is 16.5. The second-order valence-corrected chi connectivity index (χ2v) is 5.94. The van der Waals surface area contributed by atoms with Crippen molar-refractivity contribution in [3.63, 3.8) is 0 Å². The van der Waals surface area contributed by atoms with Crippen molar-refractivity contribution in [3.05, 3.63) is 72.0 Å². The summed E-state index contributed by atoms with van der Waals surface area (Å²) < 4.78 is 21.5. The molecule has 0 amide bonds. The smallest absolute Gasteiger partial charge is 0.341 e. The molecule has 1 aromatic carbocycles. The van der Waals surface area contributed by atoms with Gasteiger partial charge in [-0.25, -0.2) is 14.8 Å². The van der Waals surface area contributed by atoms with E-state index in [9.17, 15) is 10.1 Å². The zero-order valence-corrected chi connectivity index (χ0v) is 17.8. The van der Waals surface area contributed by atoms with E-state index in [1.165, 1.54) is 32.9 Å². The first kappa shape index (κ1) is 23.2. The van der Waals surface area contributed by atoms with Crippen molar-refractivity contribution in [2.75, 3.05) is 14.2 Å². The number of esters is 1. The van der Waals surface area contributed by atoms with E-state index in [0.717, 1.165) is 0 Å². The summed E-state index contributed by atoms with van der Waals surface area (Å²) in [5, 5.41) is 9.33. The largest absolute Gasteiger partial charge is 0.503 e. The van der Waals surface area contributed by atoms with Gasteiger partial charge in [0.15, 0.2) is 0 Å². The van der Waals surface area contributed by atoms with E-state index in [2.05, 4.69) is 16.0 Å². The van der Waals surface area contributed by atoms with Crippen LogP contribution in [-0.4, -0.2) is 30.2 Å². The number of aromatic nitrogens is 2. The maximum Gasteiger partial charge on any atom is 0.341 e. The molecule has 0 atom stereocenters. The van der Waals surface area contributed by atoms with Gasteiger partial charge in [-0.2, -0.15) is 5.26 Å². The number of hydrogen-bond acceptors (Lipinski definition) is 8. The van der Waals surface area contributed by atoms with Crippen LogP contribution in [0.3, 0.4) is 0 Å². The average molecular weight is 421 g/mol. The third kappa shape index (κ3) is 6.18. The Balaban J connectivity index is 2.34. The van der Waals surface area contributed by atoms with E-state index in [1.54, 1.807) is 43.3 Å². The van der Waals surface area contributed by atoms with E-state index in [4.69, 9.17) is 18.9 Å². The molecular formula is C23H23N3O5. The lowest BCUT2D eigenvalue weighted by atomic mass is 10.1. The minimum absolute atomic E-state index is 0.186. The second-order valence-electron chi connectivity index (χ2n) is 5.94. The SMILES string of the molecule is C/C=C(Oc1cc(Oc2ccccc2/C(=C/OC)C(=O)OC)ncn1)\C(C#N)=C/CC. The number of hydrogen-bond donors (Lipinski definition) is 0. The fraction of sp³-hybridized carbons (Fsp3) is 0.217. The number of carbonyl (C=O) groups is 1. The second kappa shape index (κ2) is 11.8. The number of allylic oxidation sites excluding steroid dienone is 3. The quantitative estimate of drug-likeness (QED) is 0.191. The summed E-state index contributed by atoms with van der Waals surface area (Å²) in [4.78, 5) is 20.3. The summed E-state index contributed by atoms with van der Waals surface area (Å²) >= 11 is 0. The first-order valence-electron chi connectivity index (χ1n) is 9.43. The predicted molar refractivity (Wildman–Crippen MR) is 114 cm³/mol. The molecule has 8 nitrogen and oxygen atoms in total. The fourth-order valence-corrected chi connectivity index (χ4v) is 2.56. The van der Waals surface area contributed by atoms with Crippen LogP contribution >= 0.6 is 0 Å². The first-order chi connectivity index (χ1) is 15.1. The molecule has 1 aromatic heterocycles. The molecule has 0 aliphatic heterocycles. The van der Waals surface area contributed by atoms with Crippen LogP contribution in [0, 0.1) is 11.3 Å². The minimum Gasteiger partial charge on any atom is -0.503 e. The Morgan fingerprint density at radius 3 is 2.58 bits per heavy atom. The summed E-state index contributed by atoms with van der Waals surface area (Å²) in [6.07, 6.45) is 6.70. The Hall–Kier alpha value is -4.12. The van der Waals surface area contributed by atoms with E-state index >= 15 is 0 Å². The van der Waals surface area contributed by atoms with E-state index < -0.39 is 5.97 Å². The van der Waals surface area contributed by atoms with Crippen LogP contribution in [0.5, 0.6) is 17.5 Å². The lowest BCUT2D eigenvalue weighted by Gasteiger charge is -2.13. The van der Waals surface area contributed by atoms with Gasteiger partial charge in [0, 0.05) is 5.56 Å². The van der Waals surface area contributed by atoms with Gasteiger partial charge in [-0.3, -0.25) is 0 Å².